The average Bonchev–Trinajstić information content (AvgIpc) is 2.48. The Morgan fingerprint density at radius 2 is 1.71 bits per heavy atom. The molecule has 0 spiro atoms. The second-order valence-corrected chi connectivity index (χ2v) is 6.16. The van der Waals surface area contributed by atoms with E-state index in [1.54, 1.807) is 0 Å². The number of rotatable bonds is 5. The Morgan fingerprint density at radius 1 is 1.10 bits per heavy atom. The van der Waals surface area contributed by atoms with E-state index >= 15 is 0 Å². The van der Waals surface area contributed by atoms with Gasteiger partial charge >= 0.3 is 0 Å². The maximum Gasteiger partial charge on any atom is 0.253 e. The number of piperazine rings is 1. The number of benzene rings is 1. The molecule has 1 heterocycles. The third-order valence-corrected chi connectivity index (χ3v) is 4.04. The molecule has 21 heavy (non-hydrogen) atoms. The summed E-state index contributed by atoms with van der Waals surface area (Å²) in [5.41, 5.74) is 2.00. The Balaban J connectivity index is 1.78. The minimum Gasteiger partial charge on any atom is -0.336 e. The van der Waals surface area contributed by atoms with E-state index < -0.39 is 0 Å². The van der Waals surface area contributed by atoms with Crippen molar-refractivity contribution in [3.05, 3.63) is 35.4 Å². The summed E-state index contributed by atoms with van der Waals surface area (Å²) in [5, 5.41) is 0. The average molecular weight is 289 g/mol. The van der Waals surface area contributed by atoms with Crippen molar-refractivity contribution in [1.29, 1.82) is 0 Å². The van der Waals surface area contributed by atoms with E-state index in [4.69, 9.17) is 0 Å². The van der Waals surface area contributed by atoms with Gasteiger partial charge < -0.3 is 9.80 Å². The number of aryl methyl sites for hydroxylation is 1. The summed E-state index contributed by atoms with van der Waals surface area (Å²) in [6, 6.07) is 7.87. The molecule has 1 aliphatic rings. The lowest BCUT2D eigenvalue weighted by Crippen LogP contribution is -2.49. The van der Waals surface area contributed by atoms with Gasteiger partial charge in [0.25, 0.3) is 5.91 Å². The van der Waals surface area contributed by atoms with Crippen molar-refractivity contribution in [1.82, 2.24) is 14.7 Å². The van der Waals surface area contributed by atoms with E-state index in [2.05, 4.69) is 23.9 Å². The first-order valence-electron chi connectivity index (χ1n) is 7.79. The first-order chi connectivity index (χ1) is 10.1. The van der Waals surface area contributed by atoms with E-state index in [1.807, 2.05) is 36.1 Å². The highest BCUT2D eigenvalue weighted by atomic mass is 16.2. The molecule has 0 saturated carbocycles. The minimum atomic E-state index is 0.169. The first kappa shape index (κ1) is 16.0. The van der Waals surface area contributed by atoms with E-state index in [9.17, 15) is 4.79 Å². The fourth-order valence-corrected chi connectivity index (χ4v) is 2.66. The molecule has 4 heteroatoms. The van der Waals surface area contributed by atoms with Crippen LogP contribution in [-0.4, -0.2) is 74.0 Å². The van der Waals surface area contributed by atoms with Crippen LogP contribution >= 0.6 is 0 Å². The fourth-order valence-electron chi connectivity index (χ4n) is 2.66. The summed E-state index contributed by atoms with van der Waals surface area (Å²) in [6.45, 7) is 7.97. The molecule has 0 unspecified atom stereocenters. The van der Waals surface area contributed by atoms with E-state index in [0.717, 1.165) is 44.8 Å². The van der Waals surface area contributed by atoms with Crippen LogP contribution < -0.4 is 0 Å². The summed E-state index contributed by atoms with van der Waals surface area (Å²) >= 11 is 0. The number of hydrogen-bond acceptors (Lipinski definition) is 3. The predicted octanol–water partition coefficient (Wildman–Crippen LogP) is 1.70. The van der Waals surface area contributed by atoms with Crippen LogP contribution in [0.25, 0.3) is 0 Å². The van der Waals surface area contributed by atoms with Crippen LogP contribution in [0.2, 0.25) is 0 Å². The van der Waals surface area contributed by atoms with Crippen LogP contribution in [0.1, 0.15) is 22.3 Å². The quantitative estimate of drug-likeness (QED) is 0.825. The van der Waals surface area contributed by atoms with E-state index in [1.165, 1.54) is 12.0 Å². The summed E-state index contributed by atoms with van der Waals surface area (Å²) in [7, 11) is 4.22. The maximum atomic E-state index is 12.4. The number of carbonyl (C=O) groups is 1. The Bertz CT molecular complexity index is 448. The molecule has 0 N–H and O–H groups in total. The second-order valence-electron chi connectivity index (χ2n) is 6.16. The van der Waals surface area contributed by atoms with Crippen molar-refractivity contribution < 1.29 is 4.79 Å². The van der Waals surface area contributed by atoms with Crippen LogP contribution in [0.15, 0.2) is 24.3 Å². The molecule has 1 amide bonds. The Hall–Kier alpha value is -1.39. The zero-order chi connectivity index (χ0) is 15.2. The zero-order valence-electron chi connectivity index (χ0n) is 13.5. The van der Waals surface area contributed by atoms with Crippen molar-refractivity contribution in [2.75, 3.05) is 53.4 Å². The van der Waals surface area contributed by atoms with Gasteiger partial charge in [0.1, 0.15) is 0 Å². The highest BCUT2D eigenvalue weighted by Crippen LogP contribution is 2.10. The van der Waals surface area contributed by atoms with Crippen LogP contribution in [0.4, 0.5) is 0 Å². The molecule has 0 radical (unpaired) electrons. The second kappa shape index (κ2) is 7.57. The van der Waals surface area contributed by atoms with Crippen LogP contribution in [0.5, 0.6) is 0 Å². The Kier molecular flexibility index (Phi) is 5.76. The minimum absolute atomic E-state index is 0.169. The highest BCUT2D eigenvalue weighted by Gasteiger charge is 2.21. The van der Waals surface area contributed by atoms with Gasteiger partial charge in [0.05, 0.1) is 0 Å². The molecule has 1 fully saturated rings. The molecular weight excluding hydrogens is 262 g/mol. The van der Waals surface area contributed by atoms with Crippen molar-refractivity contribution in [2.24, 2.45) is 0 Å². The van der Waals surface area contributed by atoms with Crippen molar-refractivity contribution in [2.45, 2.75) is 13.3 Å². The molecule has 4 nitrogen and oxygen atoms in total. The molecule has 1 saturated heterocycles. The smallest absolute Gasteiger partial charge is 0.253 e. The molecule has 2 rings (SSSR count). The number of carbonyl (C=O) groups excluding carboxylic acids is 1. The van der Waals surface area contributed by atoms with Gasteiger partial charge in [-0.25, -0.2) is 0 Å². The molecule has 0 atom stereocenters. The summed E-state index contributed by atoms with van der Waals surface area (Å²) < 4.78 is 0. The fraction of sp³-hybridized carbons (Fsp3) is 0.588. The maximum absolute atomic E-state index is 12.4. The van der Waals surface area contributed by atoms with Gasteiger partial charge in [0.2, 0.25) is 0 Å². The first-order valence-corrected chi connectivity index (χ1v) is 7.79. The Morgan fingerprint density at radius 3 is 2.29 bits per heavy atom. The van der Waals surface area contributed by atoms with E-state index in [0.29, 0.717) is 0 Å². The van der Waals surface area contributed by atoms with Gasteiger partial charge in [-0.2, -0.15) is 0 Å². The normalized spacial score (nSPS) is 16.5. The standard InChI is InChI=1S/C17H27N3O/c1-15-5-7-16(8-6-15)17(21)20-13-11-19(12-14-20)10-4-9-18(2)3/h5-8H,4,9-14H2,1-3H3. The SMILES string of the molecule is Cc1ccc(C(=O)N2CCN(CCCN(C)C)CC2)cc1. The summed E-state index contributed by atoms with van der Waals surface area (Å²) in [5.74, 6) is 0.169. The molecular formula is C17H27N3O. The molecule has 1 aromatic carbocycles. The molecule has 116 valence electrons. The van der Waals surface area contributed by atoms with Gasteiger partial charge in [0.15, 0.2) is 0 Å². The lowest BCUT2D eigenvalue weighted by Gasteiger charge is -2.35. The lowest BCUT2D eigenvalue weighted by atomic mass is 10.1. The largest absolute Gasteiger partial charge is 0.336 e. The number of amides is 1. The zero-order valence-corrected chi connectivity index (χ0v) is 13.5. The number of nitrogens with zero attached hydrogens (tertiary/aromatic N) is 3. The van der Waals surface area contributed by atoms with Gasteiger partial charge in [-0.15, -0.1) is 0 Å². The third-order valence-electron chi connectivity index (χ3n) is 4.04. The molecule has 1 aromatic rings. The topological polar surface area (TPSA) is 26.8 Å². The Labute approximate surface area is 128 Å². The van der Waals surface area contributed by atoms with Crippen molar-refractivity contribution in [3.8, 4) is 0 Å². The molecule has 0 aliphatic carbocycles. The molecule has 0 aromatic heterocycles. The van der Waals surface area contributed by atoms with Crippen molar-refractivity contribution >= 4 is 5.91 Å². The van der Waals surface area contributed by atoms with Crippen LogP contribution in [0.3, 0.4) is 0 Å². The lowest BCUT2D eigenvalue weighted by molar-refractivity contribution is 0.0634. The van der Waals surface area contributed by atoms with E-state index in [-0.39, 0.29) is 5.91 Å². The predicted molar refractivity (Wildman–Crippen MR) is 86.7 cm³/mol. The van der Waals surface area contributed by atoms with Crippen LogP contribution in [-0.2, 0) is 0 Å². The third kappa shape index (κ3) is 4.83. The van der Waals surface area contributed by atoms with Gasteiger partial charge in [-0.1, -0.05) is 17.7 Å². The molecule has 0 bridgehead atoms. The summed E-state index contributed by atoms with van der Waals surface area (Å²) in [6.07, 6.45) is 1.19. The van der Waals surface area contributed by atoms with Crippen molar-refractivity contribution in [3.63, 3.8) is 0 Å². The van der Waals surface area contributed by atoms with Gasteiger partial charge in [-0.3, -0.25) is 9.69 Å². The summed E-state index contributed by atoms with van der Waals surface area (Å²) in [4.78, 5) is 19.1. The van der Waals surface area contributed by atoms with Gasteiger partial charge in [-0.05, 0) is 52.7 Å². The molecule has 1 aliphatic heterocycles. The highest BCUT2D eigenvalue weighted by molar-refractivity contribution is 5.94. The monoisotopic (exact) mass is 289 g/mol. The van der Waals surface area contributed by atoms with Crippen LogP contribution in [0, 0.1) is 6.92 Å². The van der Waals surface area contributed by atoms with Gasteiger partial charge in [0, 0.05) is 31.7 Å². The number of hydrogen-bond donors (Lipinski definition) is 0.